The number of hydrogen-bond donors (Lipinski definition) is 3. The van der Waals surface area contributed by atoms with Gasteiger partial charge in [0.25, 0.3) is 0 Å². The van der Waals surface area contributed by atoms with E-state index < -0.39 is 24.1 Å². The van der Waals surface area contributed by atoms with E-state index in [0.29, 0.717) is 11.0 Å². The van der Waals surface area contributed by atoms with Gasteiger partial charge in [0.05, 0.1) is 30.5 Å². The molecule has 0 saturated carbocycles. The van der Waals surface area contributed by atoms with Crippen molar-refractivity contribution in [1.29, 1.82) is 0 Å². The molecule has 4 N–H and O–H groups in total. The number of phenolic OH excluding ortho intramolecular Hbond substituents is 1. The lowest BCUT2D eigenvalue weighted by Crippen LogP contribution is -2.76. The molecule has 1 aromatic heterocycles. The van der Waals surface area contributed by atoms with Gasteiger partial charge in [-0.3, -0.25) is 14.4 Å². The topological polar surface area (TPSA) is 157 Å². The number of carbonyl (C=O) groups is 4. The van der Waals surface area contributed by atoms with E-state index in [1.807, 2.05) is 48.5 Å². The van der Waals surface area contributed by atoms with Crippen LogP contribution >= 0.6 is 0 Å². The van der Waals surface area contributed by atoms with Crippen LogP contribution in [0.4, 0.5) is 4.79 Å². The second-order valence-electron chi connectivity index (χ2n) is 11.6. The summed E-state index contributed by atoms with van der Waals surface area (Å²) in [4.78, 5) is 61.4. The maximum atomic E-state index is 14.3. The number of rotatable bonds is 10. The molecule has 2 saturated heterocycles. The molecule has 0 bridgehead atoms. The Morgan fingerprint density at radius 1 is 1.02 bits per heavy atom. The number of urea groups is 1. The number of aromatic nitrogens is 2. The van der Waals surface area contributed by atoms with Crippen molar-refractivity contribution in [3.05, 3.63) is 108 Å². The Morgan fingerprint density at radius 2 is 1.79 bits per heavy atom. The Hall–Kier alpha value is -5.69. The molecule has 0 radical (unpaired) electrons. The summed E-state index contributed by atoms with van der Waals surface area (Å²) < 4.78 is 1.65. The van der Waals surface area contributed by atoms with E-state index in [0.717, 1.165) is 16.7 Å². The molecule has 2 aliphatic rings. The van der Waals surface area contributed by atoms with E-state index in [1.165, 1.54) is 28.4 Å². The van der Waals surface area contributed by atoms with Crippen molar-refractivity contribution < 1.29 is 24.3 Å². The summed E-state index contributed by atoms with van der Waals surface area (Å²) in [6.07, 6.45) is 2.52. The van der Waals surface area contributed by atoms with Crippen LogP contribution in [0.15, 0.2) is 91.8 Å². The van der Waals surface area contributed by atoms with Gasteiger partial charge in [0.2, 0.25) is 17.7 Å². The van der Waals surface area contributed by atoms with Gasteiger partial charge in [0.1, 0.15) is 24.5 Å². The summed E-state index contributed by atoms with van der Waals surface area (Å²) >= 11 is 0. The monoisotopic (exact) mass is 636 g/mol. The molecule has 0 spiro atoms. The van der Waals surface area contributed by atoms with Crippen molar-refractivity contribution in [2.75, 3.05) is 19.6 Å². The number of hydrazine groups is 1. The van der Waals surface area contributed by atoms with Crippen LogP contribution in [0.25, 0.3) is 11.0 Å². The molecular formula is C34H36N8O5. The highest BCUT2D eigenvalue weighted by atomic mass is 16.3. The normalized spacial score (nSPS) is 18.3. The summed E-state index contributed by atoms with van der Waals surface area (Å²) in [5.41, 5.74) is 9.14. The maximum Gasteiger partial charge on any atom is 0.334 e. The summed E-state index contributed by atoms with van der Waals surface area (Å²) in [5, 5.41) is 16.0. The second-order valence-corrected chi connectivity index (χ2v) is 11.6. The van der Waals surface area contributed by atoms with Gasteiger partial charge in [-0.25, -0.2) is 19.8 Å². The first-order chi connectivity index (χ1) is 22.7. The second kappa shape index (κ2) is 13.3. The highest BCUT2D eigenvalue weighted by molar-refractivity contribution is 5.92. The maximum absolute atomic E-state index is 14.3. The number of hydrogen-bond acceptors (Lipinski definition) is 7. The van der Waals surface area contributed by atoms with Gasteiger partial charge in [-0.1, -0.05) is 60.7 Å². The molecule has 242 valence electrons. The smallest absolute Gasteiger partial charge is 0.334 e. The van der Waals surface area contributed by atoms with E-state index in [-0.39, 0.29) is 63.3 Å². The number of phenols is 1. The predicted molar refractivity (Wildman–Crippen MR) is 173 cm³/mol. The summed E-state index contributed by atoms with van der Waals surface area (Å²) in [6, 6.07) is 20.2. The van der Waals surface area contributed by atoms with Crippen molar-refractivity contribution in [1.82, 2.24) is 34.7 Å². The fourth-order valence-corrected chi connectivity index (χ4v) is 6.33. The predicted octanol–water partition coefficient (Wildman–Crippen LogP) is 1.96. The number of nitrogens with zero attached hydrogens (tertiary/aromatic N) is 6. The van der Waals surface area contributed by atoms with Crippen LogP contribution in [0.2, 0.25) is 0 Å². The van der Waals surface area contributed by atoms with Gasteiger partial charge in [0, 0.05) is 26.1 Å². The number of nitrogens with one attached hydrogen (secondary N) is 1. The number of nitrogens with two attached hydrogens (primary N) is 1. The lowest BCUT2D eigenvalue weighted by atomic mass is 9.98. The molecule has 2 unspecified atom stereocenters. The van der Waals surface area contributed by atoms with Crippen LogP contribution < -0.4 is 11.1 Å². The van der Waals surface area contributed by atoms with E-state index in [2.05, 4.69) is 16.9 Å². The van der Waals surface area contributed by atoms with E-state index in [1.54, 1.807) is 32.7 Å². The van der Waals surface area contributed by atoms with Gasteiger partial charge >= 0.3 is 6.03 Å². The van der Waals surface area contributed by atoms with Gasteiger partial charge in [-0.05, 0) is 34.9 Å². The summed E-state index contributed by atoms with van der Waals surface area (Å²) in [7, 11) is 0. The number of primary amides is 1. The summed E-state index contributed by atoms with van der Waals surface area (Å²) in [6.45, 7) is 4.38. The third-order valence-electron chi connectivity index (χ3n) is 8.45. The number of amides is 5. The lowest BCUT2D eigenvalue weighted by molar-refractivity contribution is -0.189. The number of benzene rings is 3. The number of para-hydroxylation sites is 1. The molecule has 3 aromatic carbocycles. The van der Waals surface area contributed by atoms with E-state index in [9.17, 15) is 24.3 Å². The van der Waals surface area contributed by atoms with E-state index in [4.69, 9.17) is 5.73 Å². The molecular weight excluding hydrogens is 600 g/mol. The van der Waals surface area contributed by atoms with Crippen LogP contribution in [0.3, 0.4) is 0 Å². The van der Waals surface area contributed by atoms with E-state index >= 15 is 0 Å². The third kappa shape index (κ3) is 6.51. The minimum absolute atomic E-state index is 0.0390. The highest BCUT2D eigenvalue weighted by Gasteiger charge is 2.51. The molecule has 4 aromatic rings. The van der Waals surface area contributed by atoms with Crippen molar-refractivity contribution in [3.8, 4) is 5.75 Å². The number of aromatic hydroxyl groups is 1. The fraction of sp³-hybridized carbons (Fsp3) is 0.265. The number of carbonyl (C=O) groups excluding carboxylic acids is 4. The average Bonchev–Trinajstić information content (AvgIpc) is 3.46. The Morgan fingerprint density at radius 3 is 2.51 bits per heavy atom. The van der Waals surface area contributed by atoms with Crippen molar-refractivity contribution >= 4 is 34.8 Å². The van der Waals surface area contributed by atoms with Crippen LogP contribution in [0.1, 0.15) is 16.7 Å². The zero-order valence-corrected chi connectivity index (χ0v) is 25.7. The molecule has 2 aliphatic heterocycles. The molecule has 2 fully saturated rings. The molecule has 5 amide bonds. The van der Waals surface area contributed by atoms with Gasteiger partial charge < -0.3 is 30.5 Å². The van der Waals surface area contributed by atoms with Gasteiger partial charge in [0.15, 0.2) is 0 Å². The van der Waals surface area contributed by atoms with Crippen molar-refractivity contribution in [2.24, 2.45) is 5.73 Å². The summed E-state index contributed by atoms with van der Waals surface area (Å²) in [5.74, 6) is -0.983. The molecule has 0 aliphatic carbocycles. The highest BCUT2D eigenvalue weighted by Crippen LogP contribution is 2.30. The first kappa shape index (κ1) is 31.3. The molecule has 6 rings (SSSR count). The molecule has 13 nitrogen and oxygen atoms in total. The Kier molecular flexibility index (Phi) is 8.89. The SMILES string of the molecule is C=CCN1CC(=O)N2C(Cc3ccc(O)cc3)C(=O)N(Cc3cccc4c3ncn4CC(N)=O)CC2N1C(=O)NCc1ccccc1. The number of imidazole rings is 1. The first-order valence-corrected chi connectivity index (χ1v) is 15.3. The fourth-order valence-electron chi connectivity index (χ4n) is 6.33. The minimum Gasteiger partial charge on any atom is -0.508 e. The first-order valence-electron chi connectivity index (χ1n) is 15.3. The van der Waals surface area contributed by atoms with Gasteiger partial charge in [-0.15, -0.1) is 6.58 Å². The van der Waals surface area contributed by atoms with Crippen LogP contribution in [-0.2, 0) is 40.4 Å². The zero-order valence-electron chi connectivity index (χ0n) is 25.7. The van der Waals surface area contributed by atoms with Crippen molar-refractivity contribution in [2.45, 2.75) is 38.3 Å². The van der Waals surface area contributed by atoms with Crippen molar-refractivity contribution in [3.63, 3.8) is 0 Å². The van der Waals surface area contributed by atoms with Crippen LogP contribution in [-0.4, -0.2) is 90.1 Å². The van der Waals surface area contributed by atoms with Crippen LogP contribution in [0, 0.1) is 0 Å². The molecule has 3 heterocycles. The molecule has 13 heteroatoms. The minimum atomic E-state index is -0.923. The van der Waals surface area contributed by atoms with Crippen LogP contribution in [0.5, 0.6) is 5.75 Å². The largest absolute Gasteiger partial charge is 0.508 e. The lowest BCUT2D eigenvalue weighted by Gasteiger charge is -2.55. The standard InChI is InChI=1S/C34H36N8O5/c1-2-15-40-21-31(45)41-28(16-23-11-13-26(43)14-12-23)33(46)38(18-25-9-6-10-27-32(25)37-22-39(27)19-29(35)44)20-30(41)42(40)34(47)36-17-24-7-4-3-5-8-24/h2-14,22,28,30,43H,1,15-21H2,(H2,35,44)(H,36,47). The molecule has 47 heavy (non-hydrogen) atoms. The van der Waals surface area contributed by atoms with Gasteiger partial charge in [-0.2, -0.15) is 0 Å². The quantitative estimate of drug-likeness (QED) is 0.225. The number of fused-ring (bicyclic) bond motifs is 2. The zero-order chi connectivity index (χ0) is 33.1. The third-order valence-corrected chi connectivity index (χ3v) is 8.45. The number of piperazine rings is 1. The Balaban J connectivity index is 1.37. The average molecular weight is 637 g/mol. The Labute approximate surface area is 271 Å². The molecule has 2 atom stereocenters. The Bertz CT molecular complexity index is 1810.